The highest BCUT2D eigenvalue weighted by Gasteiger charge is 2.20. The quantitative estimate of drug-likeness (QED) is 0.738. The van der Waals surface area contributed by atoms with Crippen molar-refractivity contribution in [3.63, 3.8) is 0 Å². The summed E-state index contributed by atoms with van der Waals surface area (Å²) >= 11 is 0. The molecule has 1 saturated heterocycles. The molecule has 4 heteroatoms. The zero-order valence-corrected chi connectivity index (χ0v) is 9.78. The van der Waals surface area contributed by atoms with Crippen LogP contribution in [0.15, 0.2) is 24.3 Å². The third-order valence-electron chi connectivity index (χ3n) is 3.00. The molecular weight excluding hydrogens is 216 g/mol. The summed E-state index contributed by atoms with van der Waals surface area (Å²) in [6.45, 7) is 0.903. The highest BCUT2D eigenvalue weighted by molar-refractivity contribution is 5.94. The summed E-state index contributed by atoms with van der Waals surface area (Å²) in [6.07, 6.45) is 3.14. The molecule has 1 heterocycles. The van der Waals surface area contributed by atoms with E-state index in [0.717, 1.165) is 37.1 Å². The number of carbonyl (C=O) groups excluding carboxylic acids is 1. The van der Waals surface area contributed by atoms with Crippen LogP contribution in [0.25, 0.3) is 0 Å². The molecule has 1 fully saturated rings. The Morgan fingerprint density at radius 1 is 1.47 bits per heavy atom. The molecule has 1 aliphatic rings. The van der Waals surface area contributed by atoms with Crippen LogP contribution in [0.3, 0.4) is 0 Å². The Bertz CT molecular complexity index is 387. The Hall–Kier alpha value is -1.39. The smallest absolute Gasteiger partial charge is 0.241 e. The Morgan fingerprint density at radius 2 is 2.35 bits per heavy atom. The van der Waals surface area contributed by atoms with Crippen LogP contribution in [-0.2, 0) is 11.4 Å². The van der Waals surface area contributed by atoms with Crippen molar-refractivity contribution in [2.75, 3.05) is 11.9 Å². The lowest BCUT2D eigenvalue weighted by molar-refractivity contribution is -0.118. The lowest BCUT2D eigenvalue weighted by Gasteiger charge is -2.22. The molecule has 1 amide bonds. The van der Waals surface area contributed by atoms with Gasteiger partial charge in [-0.3, -0.25) is 4.79 Å². The van der Waals surface area contributed by atoms with E-state index in [1.165, 1.54) is 0 Å². The van der Waals surface area contributed by atoms with Crippen LogP contribution in [0.5, 0.6) is 0 Å². The van der Waals surface area contributed by atoms with E-state index in [4.69, 9.17) is 5.11 Å². The van der Waals surface area contributed by atoms with Crippen molar-refractivity contribution in [2.45, 2.75) is 31.9 Å². The fourth-order valence-corrected chi connectivity index (χ4v) is 2.05. The van der Waals surface area contributed by atoms with E-state index in [1.54, 1.807) is 6.07 Å². The number of hydrogen-bond acceptors (Lipinski definition) is 3. The first-order valence-corrected chi connectivity index (χ1v) is 6.03. The normalized spacial score (nSPS) is 19.9. The lowest BCUT2D eigenvalue weighted by atomic mass is 10.0. The Labute approximate surface area is 101 Å². The van der Waals surface area contributed by atoms with Gasteiger partial charge in [-0.15, -0.1) is 0 Å². The second-order valence-corrected chi connectivity index (χ2v) is 4.35. The minimum absolute atomic E-state index is 0.00854. The zero-order valence-electron chi connectivity index (χ0n) is 9.78. The largest absolute Gasteiger partial charge is 0.392 e. The summed E-state index contributed by atoms with van der Waals surface area (Å²) in [5, 5.41) is 15.1. The molecule has 1 unspecified atom stereocenters. The van der Waals surface area contributed by atoms with Gasteiger partial charge in [0.15, 0.2) is 0 Å². The lowest BCUT2D eigenvalue weighted by Crippen LogP contribution is -2.43. The molecule has 0 saturated carbocycles. The molecule has 1 aliphatic heterocycles. The van der Waals surface area contributed by atoms with Gasteiger partial charge in [0.25, 0.3) is 0 Å². The van der Waals surface area contributed by atoms with E-state index in [1.807, 2.05) is 18.2 Å². The Balaban J connectivity index is 1.96. The number of aliphatic hydroxyl groups is 1. The maximum Gasteiger partial charge on any atom is 0.241 e. The maximum atomic E-state index is 11.9. The van der Waals surface area contributed by atoms with Crippen LogP contribution < -0.4 is 10.6 Å². The van der Waals surface area contributed by atoms with E-state index >= 15 is 0 Å². The predicted molar refractivity (Wildman–Crippen MR) is 66.6 cm³/mol. The van der Waals surface area contributed by atoms with Gasteiger partial charge in [-0.1, -0.05) is 18.6 Å². The van der Waals surface area contributed by atoms with Crippen LogP contribution in [0.1, 0.15) is 24.8 Å². The van der Waals surface area contributed by atoms with Crippen molar-refractivity contribution in [2.24, 2.45) is 0 Å². The van der Waals surface area contributed by atoms with Gasteiger partial charge in [-0.05, 0) is 37.1 Å². The molecule has 92 valence electrons. The van der Waals surface area contributed by atoms with Crippen molar-refractivity contribution >= 4 is 11.6 Å². The van der Waals surface area contributed by atoms with Crippen LogP contribution in [0.4, 0.5) is 5.69 Å². The van der Waals surface area contributed by atoms with Gasteiger partial charge in [0.2, 0.25) is 5.91 Å². The number of amides is 1. The summed E-state index contributed by atoms with van der Waals surface area (Å²) in [7, 11) is 0. The van der Waals surface area contributed by atoms with Crippen molar-refractivity contribution in [1.29, 1.82) is 0 Å². The highest BCUT2D eigenvalue weighted by atomic mass is 16.3. The number of nitrogens with one attached hydrogen (secondary N) is 2. The van der Waals surface area contributed by atoms with E-state index in [2.05, 4.69) is 10.6 Å². The third-order valence-corrected chi connectivity index (χ3v) is 3.00. The van der Waals surface area contributed by atoms with Gasteiger partial charge in [-0.2, -0.15) is 0 Å². The average molecular weight is 234 g/mol. The molecule has 1 atom stereocenters. The van der Waals surface area contributed by atoms with Crippen molar-refractivity contribution in [3.05, 3.63) is 29.8 Å². The molecule has 1 aromatic rings. The zero-order chi connectivity index (χ0) is 12.1. The van der Waals surface area contributed by atoms with E-state index in [0.29, 0.717) is 0 Å². The highest BCUT2D eigenvalue weighted by Crippen LogP contribution is 2.13. The van der Waals surface area contributed by atoms with Crippen molar-refractivity contribution < 1.29 is 9.90 Å². The molecule has 2 rings (SSSR count). The number of rotatable bonds is 3. The summed E-state index contributed by atoms with van der Waals surface area (Å²) in [6, 6.07) is 7.20. The van der Waals surface area contributed by atoms with Gasteiger partial charge in [-0.25, -0.2) is 0 Å². The fourth-order valence-electron chi connectivity index (χ4n) is 2.05. The molecule has 4 nitrogen and oxygen atoms in total. The first kappa shape index (κ1) is 12.1. The summed E-state index contributed by atoms with van der Waals surface area (Å²) in [5.74, 6) is 0.0137. The van der Waals surface area contributed by atoms with Crippen LogP contribution in [0.2, 0.25) is 0 Å². The van der Waals surface area contributed by atoms with Crippen molar-refractivity contribution in [3.8, 4) is 0 Å². The third kappa shape index (κ3) is 3.28. The summed E-state index contributed by atoms with van der Waals surface area (Å²) < 4.78 is 0. The number of piperidine rings is 1. The van der Waals surface area contributed by atoms with Gasteiger partial charge in [0, 0.05) is 5.69 Å². The first-order chi connectivity index (χ1) is 8.29. The summed E-state index contributed by atoms with van der Waals surface area (Å²) in [4.78, 5) is 11.9. The van der Waals surface area contributed by atoms with E-state index in [9.17, 15) is 4.79 Å². The fraction of sp³-hybridized carbons (Fsp3) is 0.462. The van der Waals surface area contributed by atoms with E-state index in [-0.39, 0.29) is 18.6 Å². The second kappa shape index (κ2) is 5.80. The SMILES string of the molecule is O=C(Nc1cccc(CO)c1)C1CCCCN1. The monoisotopic (exact) mass is 234 g/mol. The van der Waals surface area contributed by atoms with Gasteiger partial charge >= 0.3 is 0 Å². The minimum Gasteiger partial charge on any atom is -0.392 e. The number of anilines is 1. The van der Waals surface area contributed by atoms with Gasteiger partial charge in [0.05, 0.1) is 12.6 Å². The molecule has 0 bridgehead atoms. The number of carbonyl (C=O) groups is 1. The van der Waals surface area contributed by atoms with Gasteiger partial charge in [0.1, 0.15) is 0 Å². The van der Waals surface area contributed by atoms with Crippen LogP contribution >= 0.6 is 0 Å². The van der Waals surface area contributed by atoms with E-state index < -0.39 is 0 Å². The molecule has 0 aromatic heterocycles. The average Bonchev–Trinajstić information content (AvgIpc) is 2.40. The minimum atomic E-state index is -0.0819. The molecule has 17 heavy (non-hydrogen) atoms. The standard InChI is InChI=1S/C13H18N2O2/c16-9-10-4-3-5-11(8-10)15-13(17)12-6-1-2-7-14-12/h3-5,8,12,14,16H,1-2,6-7,9H2,(H,15,17). The molecule has 0 spiro atoms. The first-order valence-electron chi connectivity index (χ1n) is 6.03. The van der Waals surface area contributed by atoms with Crippen molar-refractivity contribution in [1.82, 2.24) is 5.32 Å². The number of benzene rings is 1. The number of hydrogen-bond donors (Lipinski definition) is 3. The maximum absolute atomic E-state index is 11.9. The predicted octanol–water partition coefficient (Wildman–Crippen LogP) is 1.26. The Kier molecular flexibility index (Phi) is 4.12. The number of aliphatic hydroxyl groups excluding tert-OH is 1. The Morgan fingerprint density at radius 3 is 3.06 bits per heavy atom. The van der Waals surface area contributed by atoms with Crippen LogP contribution in [0, 0.1) is 0 Å². The summed E-state index contributed by atoms with van der Waals surface area (Å²) in [5.41, 5.74) is 1.55. The molecule has 0 radical (unpaired) electrons. The second-order valence-electron chi connectivity index (χ2n) is 4.35. The molecule has 3 N–H and O–H groups in total. The molecule has 1 aromatic carbocycles. The van der Waals surface area contributed by atoms with Crippen LogP contribution in [-0.4, -0.2) is 23.6 Å². The molecule has 0 aliphatic carbocycles. The van der Waals surface area contributed by atoms with Gasteiger partial charge < -0.3 is 15.7 Å². The topological polar surface area (TPSA) is 61.4 Å². The molecular formula is C13H18N2O2.